The summed E-state index contributed by atoms with van der Waals surface area (Å²) in [5.74, 6) is 0.524. The zero-order valence-electron chi connectivity index (χ0n) is 9.44. The van der Waals surface area contributed by atoms with Crippen LogP contribution in [0.4, 0.5) is 5.82 Å². The molecule has 0 spiro atoms. The van der Waals surface area contributed by atoms with Gasteiger partial charge in [0.15, 0.2) is 5.82 Å². The fourth-order valence-electron chi connectivity index (χ4n) is 1.97. The maximum Gasteiger partial charge on any atom is 0.153 e. The molecule has 84 valence electrons. The summed E-state index contributed by atoms with van der Waals surface area (Å²) < 4.78 is 0. The maximum absolute atomic E-state index is 5.80. The van der Waals surface area contributed by atoms with Crippen LogP contribution in [0.3, 0.4) is 0 Å². The van der Waals surface area contributed by atoms with Gasteiger partial charge in [0.05, 0.1) is 11.2 Å². The summed E-state index contributed by atoms with van der Waals surface area (Å²) in [4.78, 5) is 4.40. The third-order valence-corrected chi connectivity index (χ3v) is 2.88. The minimum absolute atomic E-state index is 0.524. The van der Waals surface area contributed by atoms with E-state index in [2.05, 4.69) is 15.2 Å². The first kappa shape index (κ1) is 9.84. The van der Waals surface area contributed by atoms with Gasteiger partial charge in [-0.1, -0.05) is 12.1 Å². The molecule has 2 heterocycles. The molecule has 3 N–H and O–H groups in total. The molecule has 0 aliphatic rings. The van der Waals surface area contributed by atoms with Gasteiger partial charge in [-0.15, -0.1) is 0 Å². The van der Waals surface area contributed by atoms with Crippen molar-refractivity contribution in [2.45, 2.75) is 6.92 Å². The molecular weight excluding hydrogens is 212 g/mol. The number of rotatable bonds is 1. The van der Waals surface area contributed by atoms with Crippen molar-refractivity contribution in [3.8, 4) is 11.3 Å². The van der Waals surface area contributed by atoms with Crippen LogP contribution in [0.2, 0.25) is 0 Å². The number of aryl methyl sites for hydroxylation is 1. The second-order valence-corrected chi connectivity index (χ2v) is 4.04. The smallest absolute Gasteiger partial charge is 0.153 e. The summed E-state index contributed by atoms with van der Waals surface area (Å²) in [6.07, 6.45) is 1.80. The Labute approximate surface area is 98.5 Å². The highest BCUT2D eigenvalue weighted by Gasteiger charge is 2.07. The van der Waals surface area contributed by atoms with E-state index in [0.29, 0.717) is 5.82 Å². The number of aromatic amines is 1. The van der Waals surface area contributed by atoms with Crippen LogP contribution in [0.15, 0.2) is 36.5 Å². The van der Waals surface area contributed by atoms with Crippen LogP contribution in [0.5, 0.6) is 0 Å². The van der Waals surface area contributed by atoms with E-state index in [1.165, 1.54) is 0 Å². The molecule has 0 aliphatic heterocycles. The lowest BCUT2D eigenvalue weighted by atomic mass is 10.1. The Morgan fingerprint density at radius 2 is 2.12 bits per heavy atom. The van der Waals surface area contributed by atoms with Crippen molar-refractivity contribution in [1.82, 2.24) is 15.2 Å². The lowest BCUT2D eigenvalue weighted by Gasteiger charge is -2.04. The first-order valence-electron chi connectivity index (χ1n) is 5.41. The molecular formula is C13H12N4. The van der Waals surface area contributed by atoms with Gasteiger partial charge in [0.2, 0.25) is 0 Å². The molecule has 0 saturated heterocycles. The van der Waals surface area contributed by atoms with Gasteiger partial charge in [-0.25, -0.2) is 0 Å². The van der Waals surface area contributed by atoms with Crippen LogP contribution in [0.1, 0.15) is 5.56 Å². The molecule has 0 atom stereocenters. The molecule has 1 aromatic carbocycles. The molecule has 0 fully saturated rings. The normalized spacial score (nSPS) is 10.9. The Kier molecular flexibility index (Phi) is 2.08. The maximum atomic E-state index is 5.80. The second-order valence-electron chi connectivity index (χ2n) is 4.04. The molecule has 4 nitrogen and oxygen atoms in total. The van der Waals surface area contributed by atoms with Crippen LogP contribution >= 0.6 is 0 Å². The van der Waals surface area contributed by atoms with Gasteiger partial charge in [-0.3, -0.25) is 10.1 Å². The Balaban J connectivity index is 2.24. The number of nitrogens with two attached hydrogens (primary N) is 1. The largest absolute Gasteiger partial charge is 0.382 e. The summed E-state index contributed by atoms with van der Waals surface area (Å²) >= 11 is 0. The highest BCUT2D eigenvalue weighted by Crippen LogP contribution is 2.26. The number of nitrogen functional groups attached to an aromatic ring is 1. The van der Waals surface area contributed by atoms with E-state index in [-0.39, 0.29) is 0 Å². The van der Waals surface area contributed by atoms with E-state index < -0.39 is 0 Å². The summed E-state index contributed by atoms with van der Waals surface area (Å²) in [6, 6.07) is 10.00. The van der Waals surface area contributed by atoms with Crippen LogP contribution in [-0.4, -0.2) is 15.2 Å². The van der Waals surface area contributed by atoms with E-state index in [9.17, 15) is 0 Å². The lowest BCUT2D eigenvalue weighted by molar-refractivity contribution is 1.13. The van der Waals surface area contributed by atoms with Gasteiger partial charge in [0, 0.05) is 17.1 Å². The summed E-state index contributed by atoms with van der Waals surface area (Å²) in [5, 5.41) is 7.81. The summed E-state index contributed by atoms with van der Waals surface area (Å²) in [6.45, 7) is 2.05. The standard InChI is InChI=1S/C13H12N4/c1-8-3-2-6-15-12(8)9-4-5-11-10(7-9)13(14)17-16-11/h2-7H,1H3,(H3,14,16,17). The number of aromatic nitrogens is 3. The van der Waals surface area contributed by atoms with Crippen molar-refractivity contribution in [3.63, 3.8) is 0 Å². The number of fused-ring (bicyclic) bond motifs is 1. The van der Waals surface area contributed by atoms with Crippen molar-refractivity contribution in [1.29, 1.82) is 0 Å². The van der Waals surface area contributed by atoms with Crippen molar-refractivity contribution in [2.75, 3.05) is 5.73 Å². The quantitative estimate of drug-likeness (QED) is 0.667. The van der Waals surface area contributed by atoms with Crippen LogP contribution in [-0.2, 0) is 0 Å². The van der Waals surface area contributed by atoms with Crippen molar-refractivity contribution < 1.29 is 0 Å². The number of anilines is 1. The molecule has 3 rings (SSSR count). The SMILES string of the molecule is Cc1cccnc1-c1ccc2[nH]nc(N)c2c1. The number of H-pyrrole nitrogens is 1. The third-order valence-electron chi connectivity index (χ3n) is 2.88. The van der Waals surface area contributed by atoms with Crippen LogP contribution in [0.25, 0.3) is 22.2 Å². The van der Waals surface area contributed by atoms with E-state index in [1.54, 1.807) is 6.20 Å². The average Bonchev–Trinajstić information content (AvgIpc) is 2.71. The minimum Gasteiger partial charge on any atom is -0.382 e. The highest BCUT2D eigenvalue weighted by atomic mass is 15.1. The Bertz CT molecular complexity index is 685. The number of pyridine rings is 1. The zero-order chi connectivity index (χ0) is 11.8. The van der Waals surface area contributed by atoms with Crippen LogP contribution in [0, 0.1) is 6.92 Å². The molecule has 17 heavy (non-hydrogen) atoms. The fourth-order valence-corrected chi connectivity index (χ4v) is 1.97. The number of nitrogens with zero attached hydrogens (tertiary/aromatic N) is 2. The number of hydrogen-bond donors (Lipinski definition) is 2. The first-order chi connectivity index (χ1) is 8.25. The van der Waals surface area contributed by atoms with Crippen molar-refractivity contribution in [3.05, 3.63) is 42.1 Å². The number of nitrogens with one attached hydrogen (secondary N) is 1. The van der Waals surface area contributed by atoms with Gasteiger partial charge in [-0.05, 0) is 30.7 Å². The predicted molar refractivity (Wildman–Crippen MR) is 68.5 cm³/mol. The minimum atomic E-state index is 0.524. The Morgan fingerprint density at radius 1 is 1.24 bits per heavy atom. The van der Waals surface area contributed by atoms with Gasteiger partial charge < -0.3 is 5.73 Å². The number of benzene rings is 1. The molecule has 0 bridgehead atoms. The van der Waals surface area contributed by atoms with Gasteiger partial charge in [0.25, 0.3) is 0 Å². The van der Waals surface area contributed by atoms with Gasteiger partial charge in [0.1, 0.15) is 0 Å². The monoisotopic (exact) mass is 224 g/mol. The molecule has 0 radical (unpaired) electrons. The van der Waals surface area contributed by atoms with E-state index in [4.69, 9.17) is 5.73 Å². The second kappa shape index (κ2) is 3.59. The van der Waals surface area contributed by atoms with E-state index in [1.807, 2.05) is 37.3 Å². The lowest BCUT2D eigenvalue weighted by Crippen LogP contribution is -1.88. The van der Waals surface area contributed by atoms with Gasteiger partial charge >= 0.3 is 0 Å². The molecule has 3 aromatic rings. The van der Waals surface area contributed by atoms with E-state index in [0.717, 1.165) is 27.7 Å². The predicted octanol–water partition coefficient (Wildman–Crippen LogP) is 2.52. The van der Waals surface area contributed by atoms with Gasteiger partial charge in [-0.2, -0.15) is 5.10 Å². The average molecular weight is 224 g/mol. The summed E-state index contributed by atoms with van der Waals surface area (Å²) in [5.41, 5.74) is 9.93. The van der Waals surface area contributed by atoms with E-state index >= 15 is 0 Å². The van der Waals surface area contributed by atoms with Crippen molar-refractivity contribution >= 4 is 16.7 Å². The Morgan fingerprint density at radius 3 is 2.94 bits per heavy atom. The Hall–Kier alpha value is -2.36. The van der Waals surface area contributed by atoms with Crippen LogP contribution < -0.4 is 5.73 Å². The molecule has 0 amide bonds. The third kappa shape index (κ3) is 1.54. The zero-order valence-corrected chi connectivity index (χ0v) is 9.44. The molecule has 0 saturated carbocycles. The molecule has 2 aromatic heterocycles. The topological polar surface area (TPSA) is 67.6 Å². The first-order valence-corrected chi connectivity index (χ1v) is 5.41. The summed E-state index contributed by atoms with van der Waals surface area (Å²) in [7, 11) is 0. The molecule has 0 aliphatic carbocycles. The molecule has 4 heteroatoms. The highest BCUT2D eigenvalue weighted by molar-refractivity contribution is 5.92. The van der Waals surface area contributed by atoms with Crippen molar-refractivity contribution in [2.24, 2.45) is 0 Å². The fraction of sp³-hybridized carbons (Fsp3) is 0.0769. The molecule has 0 unspecified atom stereocenters. The number of hydrogen-bond acceptors (Lipinski definition) is 3.